The Morgan fingerprint density at radius 1 is 1.50 bits per heavy atom. The Morgan fingerprint density at radius 2 is 2.17 bits per heavy atom. The van der Waals surface area contributed by atoms with Crippen LogP contribution in [0.25, 0.3) is 0 Å². The van der Waals surface area contributed by atoms with Gasteiger partial charge >= 0.3 is 0 Å². The van der Waals surface area contributed by atoms with E-state index >= 15 is 0 Å². The molecule has 0 radical (unpaired) electrons. The van der Waals surface area contributed by atoms with Crippen molar-refractivity contribution in [3.63, 3.8) is 0 Å². The van der Waals surface area contributed by atoms with Gasteiger partial charge in [0.05, 0.1) is 16.2 Å². The van der Waals surface area contributed by atoms with Crippen LogP contribution in [0.5, 0.6) is 0 Å². The van der Waals surface area contributed by atoms with Gasteiger partial charge in [-0.15, -0.1) is 0 Å². The summed E-state index contributed by atoms with van der Waals surface area (Å²) in [6.07, 6.45) is 0. The van der Waals surface area contributed by atoms with Crippen molar-refractivity contribution in [2.75, 3.05) is 12.0 Å². The number of benzene rings is 1. The molecule has 0 aliphatic carbocycles. The molecule has 7 nitrogen and oxygen atoms in total. The lowest BCUT2D eigenvalue weighted by Gasteiger charge is -2.10. The number of carbonyl (C=O) groups is 1. The maximum Gasteiger partial charge on any atom is 0.270 e. The Labute approximate surface area is 104 Å². The first-order valence-corrected chi connectivity index (χ1v) is 5.49. The van der Waals surface area contributed by atoms with Gasteiger partial charge in [0.15, 0.2) is 0 Å². The number of hydrogen-bond acceptors (Lipinski definition) is 5. The van der Waals surface area contributed by atoms with Crippen molar-refractivity contribution < 1.29 is 9.72 Å². The van der Waals surface area contributed by atoms with Crippen LogP contribution in [0.15, 0.2) is 18.2 Å². The number of nitrogens with zero attached hydrogens (tertiary/aromatic N) is 1. The van der Waals surface area contributed by atoms with E-state index in [1.54, 1.807) is 0 Å². The molecule has 0 saturated heterocycles. The molecular formula is C11H16N4O3. The van der Waals surface area contributed by atoms with Crippen LogP contribution in [-0.2, 0) is 0 Å². The van der Waals surface area contributed by atoms with Gasteiger partial charge in [0, 0.05) is 18.7 Å². The fourth-order valence-electron chi connectivity index (χ4n) is 1.35. The maximum atomic E-state index is 11.9. The molecule has 1 aromatic carbocycles. The minimum absolute atomic E-state index is 0.149. The molecule has 1 rings (SSSR count). The fourth-order valence-corrected chi connectivity index (χ4v) is 1.35. The summed E-state index contributed by atoms with van der Waals surface area (Å²) < 4.78 is 0. The highest BCUT2D eigenvalue weighted by Crippen LogP contribution is 2.21. The van der Waals surface area contributed by atoms with Crippen LogP contribution >= 0.6 is 0 Å². The van der Waals surface area contributed by atoms with Gasteiger partial charge in [-0.25, -0.2) is 0 Å². The molecule has 0 aliphatic heterocycles. The molecule has 98 valence electrons. The van der Waals surface area contributed by atoms with Gasteiger partial charge in [0.2, 0.25) is 0 Å². The molecule has 0 fully saturated rings. The van der Waals surface area contributed by atoms with Gasteiger partial charge in [0.25, 0.3) is 11.6 Å². The number of nitrogen functional groups attached to an aromatic ring is 1. The number of hydrogen-bond donors (Lipinski definition) is 3. The van der Waals surface area contributed by atoms with Crippen molar-refractivity contribution in [1.82, 2.24) is 5.32 Å². The quantitative estimate of drug-likeness (QED) is 0.415. The van der Waals surface area contributed by atoms with E-state index in [2.05, 4.69) is 10.7 Å². The zero-order valence-corrected chi connectivity index (χ0v) is 10.3. The van der Waals surface area contributed by atoms with Gasteiger partial charge in [-0.05, 0) is 12.0 Å². The van der Waals surface area contributed by atoms with Crippen molar-refractivity contribution in [3.05, 3.63) is 33.9 Å². The fraction of sp³-hybridized carbons (Fsp3) is 0.364. The number of nitro groups is 1. The number of nitrogens with one attached hydrogen (secondary N) is 2. The lowest BCUT2D eigenvalue weighted by Crippen LogP contribution is -2.28. The van der Waals surface area contributed by atoms with Gasteiger partial charge in [-0.1, -0.05) is 13.8 Å². The summed E-state index contributed by atoms with van der Waals surface area (Å²) in [5.41, 5.74) is 2.71. The van der Waals surface area contributed by atoms with Crippen LogP contribution in [-0.4, -0.2) is 17.4 Å². The first kappa shape index (κ1) is 13.9. The third-order valence-corrected chi connectivity index (χ3v) is 2.28. The Hall–Kier alpha value is -2.15. The van der Waals surface area contributed by atoms with E-state index in [1.165, 1.54) is 18.2 Å². The summed E-state index contributed by atoms with van der Waals surface area (Å²) >= 11 is 0. The van der Waals surface area contributed by atoms with Gasteiger partial charge in [-0.2, -0.15) is 0 Å². The molecule has 4 N–H and O–H groups in total. The number of anilines is 1. The van der Waals surface area contributed by atoms with Crippen molar-refractivity contribution in [1.29, 1.82) is 0 Å². The number of amides is 1. The average Bonchev–Trinajstić information content (AvgIpc) is 2.34. The molecule has 0 aliphatic rings. The molecule has 7 heteroatoms. The van der Waals surface area contributed by atoms with Crippen LogP contribution < -0.4 is 16.6 Å². The lowest BCUT2D eigenvalue weighted by atomic mass is 10.1. The third-order valence-electron chi connectivity index (χ3n) is 2.28. The third kappa shape index (κ3) is 3.42. The highest BCUT2D eigenvalue weighted by atomic mass is 16.6. The number of nitro benzene ring substituents is 1. The van der Waals surface area contributed by atoms with Crippen LogP contribution in [0.2, 0.25) is 0 Å². The summed E-state index contributed by atoms with van der Waals surface area (Å²) in [6, 6.07) is 3.89. The Morgan fingerprint density at radius 3 is 2.67 bits per heavy atom. The average molecular weight is 252 g/mol. The van der Waals surface area contributed by atoms with Crippen molar-refractivity contribution in [2.45, 2.75) is 13.8 Å². The molecule has 18 heavy (non-hydrogen) atoms. The molecular weight excluding hydrogens is 236 g/mol. The molecule has 0 unspecified atom stereocenters. The van der Waals surface area contributed by atoms with E-state index in [9.17, 15) is 14.9 Å². The monoisotopic (exact) mass is 252 g/mol. The minimum Gasteiger partial charge on any atom is -0.352 e. The minimum atomic E-state index is -0.556. The van der Waals surface area contributed by atoms with Crippen LogP contribution in [0.1, 0.15) is 24.2 Å². The van der Waals surface area contributed by atoms with Crippen LogP contribution in [0.3, 0.4) is 0 Å². The SMILES string of the molecule is CC(C)CNC(=O)c1cc([N+](=O)[O-])ccc1NN. The number of rotatable bonds is 5. The maximum absolute atomic E-state index is 11.9. The predicted molar refractivity (Wildman–Crippen MR) is 68.1 cm³/mol. The number of non-ortho nitro benzene ring substituents is 1. The van der Waals surface area contributed by atoms with E-state index in [1.807, 2.05) is 13.8 Å². The van der Waals surface area contributed by atoms with Gasteiger partial charge in [0.1, 0.15) is 0 Å². The van der Waals surface area contributed by atoms with E-state index < -0.39 is 4.92 Å². The Bertz CT molecular complexity index is 460. The summed E-state index contributed by atoms with van der Waals surface area (Å²) in [5.74, 6) is 5.18. The van der Waals surface area contributed by atoms with Crippen LogP contribution in [0.4, 0.5) is 11.4 Å². The second-order valence-electron chi connectivity index (χ2n) is 4.24. The molecule has 0 saturated carbocycles. The van der Waals surface area contributed by atoms with E-state index in [0.717, 1.165) is 0 Å². The molecule has 0 bridgehead atoms. The first-order valence-electron chi connectivity index (χ1n) is 5.49. The van der Waals surface area contributed by atoms with Crippen molar-refractivity contribution in [3.8, 4) is 0 Å². The predicted octanol–water partition coefficient (Wildman–Crippen LogP) is 1.27. The lowest BCUT2D eigenvalue weighted by molar-refractivity contribution is -0.384. The number of carbonyl (C=O) groups excluding carboxylic acids is 1. The van der Waals surface area contributed by atoms with Crippen LogP contribution in [0, 0.1) is 16.0 Å². The molecule has 0 heterocycles. The highest BCUT2D eigenvalue weighted by molar-refractivity contribution is 6.00. The van der Waals surface area contributed by atoms with Gasteiger partial charge < -0.3 is 10.7 Å². The van der Waals surface area contributed by atoms with E-state index in [-0.39, 0.29) is 17.2 Å². The zero-order chi connectivity index (χ0) is 13.7. The van der Waals surface area contributed by atoms with Gasteiger partial charge in [-0.3, -0.25) is 20.8 Å². The second-order valence-corrected chi connectivity index (χ2v) is 4.24. The van der Waals surface area contributed by atoms with E-state index in [0.29, 0.717) is 18.2 Å². The number of nitrogens with two attached hydrogens (primary N) is 1. The van der Waals surface area contributed by atoms with E-state index in [4.69, 9.17) is 5.84 Å². The van der Waals surface area contributed by atoms with Crippen molar-refractivity contribution >= 4 is 17.3 Å². The Balaban J connectivity index is 3.00. The highest BCUT2D eigenvalue weighted by Gasteiger charge is 2.16. The normalized spacial score (nSPS) is 10.2. The molecule has 1 aromatic rings. The Kier molecular flexibility index (Phi) is 4.61. The number of hydrazine groups is 1. The first-order chi connectivity index (χ1) is 8.45. The summed E-state index contributed by atoms with van der Waals surface area (Å²) in [4.78, 5) is 22.0. The molecule has 0 spiro atoms. The van der Waals surface area contributed by atoms with Crippen molar-refractivity contribution in [2.24, 2.45) is 11.8 Å². The molecule has 1 amide bonds. The smallest absolute Gasteiger partial charge is 0.270 e. The molecule has 0 aromatic heterocycles. The largest absolute Gasteiger partial charge is 0.352 e. The summed E-state index contributed by atoms with van der Waals surface area (Å²) in [7, 11) is 0. The zero-order valence-electron chi connectivity index (χ0n) is 10.3. The molecule has 0 atom stereocenters. The standard InChI is InChI=1S/C11H16N4O3/c1-7(2)6-13-11(16)9-5-8(15(17)18)3-4-10(9)14-12/h3-5,7,14H,6,12H2,1-2H3,(H,13,16). The second kappa shape index (κ2) is 5.97. The summed E-state index contributed by atoms with van der Waals surface area (Å²) in [6.45, 7) is 4.40. The topological polar surface area (TPSA) is 110 Å². The summed E-state index contributed by atoms with van der Waals surface area (Å²) in [5, 5.41) is 13.3.